The summed E-state index contributed by atoms with van der Waals surface area (Å²) in [6.07, 6.45) is 0. The maximum Gasteiger partial charge on any atom is 0.241 e. The van der Waals surface area contributed by atoms with Gasteiger partial charge in [-0.05, 0) is 32.0 Å². The van der Waals surface area contributed by atoms with Gasteiger partial charge >= 0.3 is 0 Å². The molecule has 2 aromatic rings. The Bertz CT molecular complexity index is 739. The molecule has 0 aliphatic carbocycles. The van der Waals surface area contributed by atoms with Crippen LogP contribution in [0.3, 0.4) is 0 Å². The minimum atomic E-state index is -0.188. The summed E-state index contributed by atoms with van der Waals surface area (Å²) in [5, 5.41) is 2.98. The summed E-state index contributed by atoms with van der Waals surface area (Å²) in [6, 6.07) is 14.5. The van der Waals surface area contributed by atoms with Gasteiger partial charge in [-0.1, -0.05) is 35.9 Å². The minimum Gasteiger partial charge on any atom is -0.325 e. The standard InChI is InChI=1S/C21H26FN3O/c1-16-7-9-19(10-8-16)23-21(26)17(2)25-13-11-24(12-14-25)15-18-5-3-4-6-20(18)22/h3-10,17H,11-15H2,1-2H3,(H,23,26)/t17-/m1/s1. The van der Waals surface area contributed by atoms with Crippen molar-refractivity contribution in [1.82, 2.24) is 9.80 Å². The van der Waals surface area contributed by atoms with Gasteiger partial charge in [0.1, 0.15) is 5.82 Å². The van der Waals surface area contributed by atoms with E-state index in [4.69, 9.17) is 0 Å². The van der Waals surface area contributed by atoms with Crippen LogP contribution in [0.5, 0.6) is 0 Å². The minimum absolute atomic E-state index is 0.0106. The molecule has 2 aromatic carbocycles. The smallest absolute Gasteiger partial charge is 0.241 e. The molecule has 1 N–H and O–H groups in total. The second kappa shape index (κ2) is 8.43. The molecule has 26 heavy (non-hydrogen) atoms. The van der Waals surface area contributed by atoms with Crippen molar-refractivity contribution >= 4 is 11.6 Å². The summed E-state index contributed by atoms with van der Waals surface area (Å²) in [4.78, 5) is 16.9. The summed E-state index contributed by atoms with van der Waals surface area (Å²) in [5.74, 6) is -0.141. The molecule has 4 nitrogen and oxygen atoms in total. The van der Waals surface area contributed by atoms with Crippen molar-refractivity contribution in [3.8, 4) is 0 Å². The van der Waals surface area contributed by atoms with Crippen LogP contribution >= 0.6 is 0 Å². The third-order valence-corrected chi connectivity index (χ3v) is 5.00. The van der Waals surface area contributed by atoms with Crippen molar-refractivity contribution in [2.75, 3.05) is 31.5 Å². The van der Waals surface area contributed by atoms with E-state index in [1.807, 2.05) is 50.2 Å². The maximum atomic E-state index is 13.8. The van der Waals surface area contributed by atoms with Crippen LogP contribution in [0.25, 0.3) is 0 Å². The zero-order valence-electron chi connectivity index (χ0n) is 15.4. The Morgan fingerprint density at radius 3 is 2.38 bits per heavy atom. The summed E-state index contributed by atoms with van der Waals surface area (Å²) in [6.45, 7) is 7.84. The Kier molecular flexibility index (Phi) is 6.01. The van der Waals surface area contributed by atoms with Gasteiger partial charge in [0.2, 0.25) is 5.91 Å². The highest BCUT2D eigenvalue weighted by Gasteiger charge is 2.25. The van der Waals surface area contributed by atoms with Gasteiger partial charge in [-0.3, -0.25) is 14.6 Å². The molecular formula is C21H26FN3O. The van der Waals surface area contributed by atoms with Crippen LogP contribution in [-0.2, 0) is 11.3 Å². The number of halogens is 1. The molecule has 0 unspecified atom stereocenters. The van der Waals surface area contributed by atoms with Crippen LogP contribution in [0.4, 0.5) is 10.1 Å². The summed E-state index contributed by atoms with van der Waals surface area (Å²) in [7, 11) is 0. The lowest BCUT2D eigenvalue weighted by molar-refractivity contribution is -0.121. The highest BCUT2D eigenvalue weighted by Crippen LogP contribution is 2.15. The van der Waals surface area contributed by atoms with E-state index in [2.05, 4.69) is 15.1 Å². The second-order valence-electron chi connectivity index (χ2n) is 6.93. The van der Waals surface area contributed by atoms with E-state index >= 15 is 0 Å². The van der Waals surface area contributed by atoms with Gasteiger partial charge in [0.15, 0.2) is 0 Å². The molecule has 1 aliphatic rings. The van der Waals surface area contributed by atoms with Crippen LogP contribution in [0, 0.1) is 12.7 Å². The summed E-state index contributed by atoms with van der Waals surface area (Å²) in [5.41, 5.74) is 2.72. The number of anilines is 1. The van der Waals surface area contributed by atoms with Crippen LogP contribution in [0.2, 0.25) is 0 Å². The van der Waals surface area contributed by atoms with Gasteiger partial charge in [-0.15, -0.1) is 0 Å². The molecule has 0 bridgehead atoms. The van der Waals surface area contributed by atoms with E-state index in [1.165, 1.54) is 11.6 Å². The first kappa shape index (κ1) is 18.5. The van der Waals surface area contributed by atoms with Gasteiger partial charge in [-0.25, -0.2) is 4.39 Å². The zero-order valence-corrected chi connectivity index (χ0v) is 15.4. The first-order chi connectivity index (χ1) is 12.5. The molecule has 0 radical (unpaired) electrons. The molecule has 1 amide bonds. The normalized spacial score (nSPS) is 17.0. The lowest BCUT2D eigenvalue weighted by atomic mass is 10.1. The third-order valence-electron chi connectivity index (χ3n) is 5.00. The Morgan fingerprint density at radius 1 is 1.08 bits per heavy atom. The fourth-order valence-electron chi connectivity index (χ4n) is 3.23. The molecule has 1 atom stereocenters. The van der Waals surface area contributed by atoms with Crippen LogP contribution in [0.1, 0.15) is 18.1 Å². The van der Waals surface area contributed by atoms with Gasteiger partial charge < -0.3 is 5.32 Å². The molecule has 5 heteroatoms. The molecule has 0 aromatic heterocycles. The van der Waals surface area contributed by atoms with Crippen molar-refractivity contribution in [3.63, 3.8) is 0 Å². The molecule has 1 heterocycles. The van der Waals surface area contributed by atoms with Gasteiger partial charge in [0.25, 0.3) is 0 Å². The van der Waals surface area contributed by atoms with Crippen LogP contribution < -0.4 is 5.32 Å². The molecule has 1 aliphatic heterocycles. The third kappa shape index (κ3) is 4.68. The van der Waals surface area contributed by atoms with E-state index < -0.39 is 0 Å². The Hall–Kier alpha value is -2.24. The number of benzene rings is 2. The van der Waals surface area contributed by atoms with Gasteiger partial charge in [0, 0.05) is 44.0 Å². The van der Waals surface area contributed by atoms with Gasteiger partial charge in [-0.2, -0.15) is 0 Å². The van der Waals surface area contributed by atoms with Crippen molar-refractivity contribution in [2.24, 2.45) is 0 Å². The fourth-order valence-corrected chi connectivity index (χ4v) is 3.23. The number of amides is 1. The highest BCUT2D eigenvalue weighted by atomic mass is 19.1. The van der Waals surface area contributed by atoms with Crippen molar-refractivity contribution in [2.45, 2.75) is 26.4 Å². The number of carbonyl (C=O) groups excluding carboxylic acids is 1. The van der Waals surface area contributed by atoms with E-state index in [0.29, 0.717) is 6.54 Å². The average molecular weight is 355 g/mol. The SMILES string of the molecule is Cc1ccc(NC(=O)[C@@H](C)N2CCN(Cc3ccccc3F)CC2)cc1. The Balaban J connectivity index is 1.50. The van der Waals surface area contributed by atoms with Crippen LogP contribution in [-0.4, -0.2) is 47.9 Å². The molecule has 1 saturated heterocycles. The van der Waals surface area contributed by atoms with E-state index in [1.54, 1.807) is 6.07 Å². The number of rotatable bonds is 5. The zero-order chi connectivity index (χ0) is 18.5. The largest absolute Gasteiger partial charge is 0.325 e. The number of nitrogens with zero attached hydrogens (tertiary/aromatic N) is 2. The van der Waals surface area contributed by atoms with E-state index in [-0.39, 0.29) is 17.8 Å². The van der Waals surface area contributed by atoms with Crippen molar-refractivity contribution < 1.29 is 9.18 Å². The molecule has 3 rings (SSSR count). The highest BCUT2D eigenvalue weighted by molar-refractivity contribution is 5.94. The average Bonchev–Trinajstić information content (AvgIpc) is 2.65. The lowest BCUT2D eigenvalue weighted by Crippen LogP contribution is -2.52. The number of hydrogen-bond donors (Lipinski definition) is 1. The predicted octanol–water partition coefficient (Wildman–Crippen LogP) is 3.28. The first-order valence-corrected chi connectivity index (χ1v) is 9.10. The Labute approximate surface area is 154 Å². The summed E-state index contributed by atoms with van der Waals surface area (Å²) >= 11 is 0. The number of nitrogens with one attached hydrogen (secondary N) is 1. The topological polar surface area (TPSA) is 35.6 Å². The first-order valence-electron chi connectivity index (χ1n) is 9.10. The number of piperazine rings is 1. The molecule has 138 valence electrons. The summed E-state index contributed by atoms with van der Waals surface area (Å²) < 4.78 is 13.8. The van der Waals surface area contributed by atoms with E-state index in [9.17, 15) is 9.18 Å². The molecule has 0 spiro atoms. The quantitative estimate of drug-likeness (QED) is 0.894. The Morgan fingerprint density at radius 2 is 1.73 bits per heavy atom. The van der Waals surface area contributed by atoms with Crippen molar-refractivity contribution in [1.29, 1.82) is 0 Å². The monoisotopic (exact) mass is 355 g/mol. The van der Waals surface area contributed by atoms with Crippen molar-refractivity contribution in [3.05, 3.63) is 65.5 Å². The van der Waals surface area contributed by atoms with Gasteiger partial charge in [0.05, 0.1) is 6.04 Å². The van der Waals surface area contributed by atoms with Crippen LogP contribution in [0.15, 0.2) is 48.5 Å². The number of aryl methyl sites for hydroxylation is 1. The predicted molar refractivity (Wildman–Crippen MR) is 103 cm³/mol. The lowest BCUT2D eigenvalue weighted by Gasteiger charge is -2.37. The maximum absolute atomic E-state index is 13.8. The second-order valence-corrected chi connectivity index (χ2v) is 6.93. The fraction of sp³-hybridized carbons (Fsp3) is 0.381. The number of carbonyl (C=O) groups is 1. The molecular weight excluding hydrogens is 329 g/mol. The molecule has 0 saturated carbocycles. The van der Waals surface area contributed by atoms with E-state index in [0.717, 1.165) is 37.4 Å². The number of hydrogen-bond acceptors (Lipinski definition) is 3. The molecule has 1 fully saturated rings.